The topological polar surface area (TPSA) is 114 Å². The SMILES string of the molecule is CC(C)[Si](O[C@@H]1[C@H](O[Si](C(C)C)(C(C)C)C(C)C)[C@@H](C#Cc2ccc(C#C[C@H]3O[C@H](CO)[C@@H](O[Si](C(C)C)(C(C)C)C(C)C)[C@H](O[Si](C(C)C)(C(C)C)C(C)C)[C@@H]3O[Si](C(C)C)(C(C)C)C(C)C)cc2)O[C@H](CO)[C@H]1O[Si](C(C)C)(C(C)C)C(C)C)(C(C)C)C(C)C. The molecule has 0 unspecified atom stereocenters. The van der Waals surface area contributed by atoms with Crippen LogP contribution in [-0.4, -0.2) is 134 Å². The molecule has 0 amide bonds. The van der Waals surface area contributed by atoms with Crippen molar-refractivity contribution in [3.63, 3.8) is 0 Å². The summed E-state index contributed by atoms with van der Waals surface area (Å²) in [5.74, 6) is 14.6. The van der Waals surface area contributed by atoms with E-state index in [4.69, 9.17) is 36.0 Å². The molecule has 92 heavy (non-hydrogen) atoms. The Hall–Kier alpha value is -0.759. The zero-order valence-corrected chi connectivity index (χ0v) is 72.0. The van der Waals surface area contributed by atoms with Crippen molar-refractivity contribution in [2.24, 2.45) is 0 Å². The number of benzene rings is 1. The molecule has 1 aromatic rings. The minimum atomic E-state index is -2.66. The van der Waals surface area contributed by atoms with Gasteiger partial charge >= 0.3 is 0 Å². The van der Waals surface area contributed by atoms with Crippen molar-refractivity contribution in [3.05, 3.63) is 35.4 Å². The number of aliphatic hydroxyl groups is 2. The van der Waals surface area contributed by atoms with Crippen LogP contribution < -0.4 is 0 Å². The van der Waals surface area contributed by atoms with E-state index < -0.39 is 111 Å². The predicted octanol–water partition coefficient (Wildman–Crippen LogP) is 21.3. The first kappa shape index (κ1) is 85.5. The third kappa shape index (κ3) is 17.2. The predicted molar refractivity (Wildman–Crippen MR) is 407 cm³/mol. The first-order chi connectivity index (χ1) is 42.3. The van der Waals surface area contributed by atoms with Gasteiger partial charge in [-0.2, -0.15) is 0 Å². The van der Waals surface area contributed by atoms with Gasteiger partial charge in [0.25, 0.3) is 0 Å². The molecule has 2 fully saturated rings. The molecule has 3 rings (SSSR count). The molecular formula is C76H146O10Si6. The van der Waals surface area contributed by atoms with E-state index in [-0.39, 0.29) is 79.7 Å². The first-order valence-electron chi connectivity index (χ1n) is 37.1. The Labute approximate surface area is 574 Å². The summed E-state index contributed by atoms with van der Waals surface area (Å²) in [6, 6.07) is 8.20. The summed E-state index contributed by atoms with van der Waals surface area (Å²) in [6.07, 6.45) is -6.29. The summed E-state index contributed by atoms with van der Waals surface area (Å²) < 4.78 is 63.1. The van der Waals surface area contributed by atoms with Gasteiger partial charge in [0.1, 0.15) is 61.0 Å². The molecule has 0 spiro atoms. The third-order valence-corrected chi connectivity index (χ3v) is 60.1. The largest absolute Gasteiger partial charge is 0.408 e. The van der Waals surface area contributed by atoms with Gasteiger partial charge in [-0.3, -0.25) is 0 Å². The van der Waals surface area contributed by atoms with Crippen molar-refractivity contribution < 1.29 is 46.2 Å². The zero-order valence-electron chi connectivity index (χ0n) is 66.0. The van der Waals surface area contributed by atoms with Crippen molar-refractivity contribution in [1.82, 2.24) is 0 Å². The van der Waals surface area contributed by atoms with Crippen molar-refractivity contribution >= 4 is 49.9 Å². The molecule has 0 aromatic heterocycles. The number of aliphatic hydroxyl groups excluding tert-OH is 2. The summed E-state index contributed by atoms with van der Waals surface area (Å²) in [6.45, 7) is 83.8. The van der Waals surface area contributed by atoms with Gasteiger partial charge in [-0.15, -0.1) is 0 Å². The number of hydrogen-bond acceptors (Lipinski definition) is 10. The molecule has 0 bridgehead atoms. The maximum Gasteiger partial charge on any atom is 0.201 e. The molecule has 0 radical (unpaired) electrons. The van der Waals surface area contributed by atoms with Crippen LogP contribution >= 0.6 is 0 Å². The second-order valence-corrected chi connectivity index (χ2v) is 66.5. The van der Waals surface area contributed by atoms with E-state index in [0.717, 1.165) is 11.1 Å². The van der Waals surface area contributed by atoms with Crippen LogP contribution in [0.1, 0.15) is 260 Å². The van der Waals surface area contributed by atoms with Crippen LogP contribution in [0, 0.1) is 23.7 Å². The third-order valence-electron chi connectivity index (χ3n) is 23.5. The van der Waals surface area contributed by atoms with E-state index in [1.807, 2.05) is 0 Å². The van der Waals surface area contributed by atoms with Crippen molar-refractivity contribution in [1.29, 1.82) is 0 Å². The monoisotopic (exact) mass is 1390 g/mol. The molecule has 1 aromatic carbocycles. The minimum absolute atomic E-state index is 0.236. The molecule has 16 heteroatoms. The fourth-order valence-electron chi connectivity index (χ4n) is 20.0. The summed E-state index contributed by atoms with van der Waals surface area (Å²) in [7, 11) is -15.8. The van der Waals surface area contributed by atoms with Gasteiger partial charge in [0, 0.05) is 11.1 Å². The van der Waals surface area contributed by atoms with Gasteiger partial charge < -0.3 is 46.2 Å². The van der Waals surface area contributed by atoms with Gasteiger partial charge in [0.15, 0.2) is 0 Å². The van der Waals surface area contributed by atoms with Gasteiger partial charge in [-0.05, 0) is 124 Å². The van der Waals surface area contributed by atoms with Crippen molar-refractivity contribution in [2.75, 3.05) is 13.2 Å². The maximum absolute atomic E-state index is 11.7. The van der Waals surface area contributed by atoms with E-state index in [1.54, 1.807) is 0 Å². The highest BCUT2D eigenvalue weighted by Crippen LogP contribution is 2.54. The Morgan fingerprint density at radius 2 is 0.424 bits per heavy atom. The molecule has 534 valence electrons. The van der Waals surface area contributed by atoms with Crippen LogP contribution in [-0.2, 0) is 36.0 Å². The van der Waals surface area contributed by atoms with Crippen molar-refractivity contribution in [3.8, 4) is 23.7 Å². The Balaban J connectivity index is 2.53. The van der Waals surface area contributed by atoms with E-state index in [1.165, 1.54) is 0 Å². The van der Waals surface area contributed by atoms with Gasteiger partial charge in [0.05, 0.1) is 13.2 Å². The van der Waals surface area contributed by atoms with Crippen LogP contribution in [0.3, 0.4) is 0 Å². The maximum atomic E-state index is 11.7. The van der Waals surface area contributed by atoms with Crippen LogP contribution in [0.4, 0.5) is 0 Å². The summed E-state index contributed by atoms with van der Waals surface area (Å²) in [4.78, 5) is 0. The average molecular weight is 1390 g/mol. The van der Waals surface area contributed by atoms with E-state index in [2.05, 4.69) is 297 Å². The molecule has 2 saturated heterocycles. The second-order valence-electron chi connectivity index (χ2n) is 34.1. The fourth-order valence-corrected chi connectivity index (χ4v) is 53.3. The Morgan fingerprint density at radius 3 is 0.576 bits per heavy atom. The van der Waals surface area contributed by atoms with Crippen LogP contribution in [0.5, 0.6) is 0 Å². The highest BCUT2D eigenvalue weighted by Gasteiger charge is 2.63. The summed E-state index contributed by atoms with van der Waals surface area (Å²) >= 11 is 0. The van der Waals surface area contributed by atoms with Crippen LogP contribution in [0.15, 0.2) is 24.3 Å². The molecule has 0 saturated carbocycles. The lowest BCUT2D eigenvalue weighted by Gasteiger charge is -2.56. The molecule has 10 atom stereocenters. The van der Waals surface area contributed by atoms with Crippen LogP contribution in [0.2, 0.25) is 99.7 Å². The lowest BCUT2D eigenvalue weighted by molar-refractivity contribution is -0.203. The van der Waals surface area contributed by atoms with Crippen molar-refractivity contribution in [2.45, 2.75) is 410 Å². The Bertz CT molecular complexity index is 2180. The summed E-state index contributed by atoms with van der Waals surface area (Å²) in [5, 5.41) is 23.5. The van der Waals surface area contributed by atoms with Crippen LogP contribution in [0.25, 0.3) is 0 Å². The quantitative estimate of drug-likeness (QED) is 0.0534. The van der Waals surface area contributed by atoms with E-state index >= 15 is 0 Å². The molecule has 10 nitrogen and oxygen atoms in total. The molecular weight excluding hydrogens is 1240 g/mol. The zero-order chi connectivity index (χ0) is 71.0. The Morgan fingerprint density at radius 1 is 0.272 bits per heavy atom. The van der Waals surface area contributed by atoms with Gasteiger partial charge in [0.2, 0.25) is 49.9 Å². The van der Waals surface area contributed by atoms with Gasteiger partial charge in [-0.1, -0.05) is 273 Å². The first-order valence-corrected chi connectivity index (χ1v) is 49.9. The Kier molecular flexibility index (Phi) is 32.5. The number of ether oxygens (including phenoxy) is 2. The highest BCUT2D eigenvalue weighted by molar-refractivity contribution is 6.80. The molecule has 0 aliphatic carbocycles. The van der Waals surface area contributed by atoms with E-state index in [9.17, 15) is 10.2 Å². The molecule has 2 heterocycles. The summed E-state index contributed by atoms with van der Waals surface area (Å²) in [5.41, 5.74) is 6.81. The number of rotatable bonds is 32. The number of hydrogen-bond donors (Lipinski definition) is 2. The lowest BCUT2D eigenvalue weighted by atomic mass is 9.95. The lowest BCUT2D eigenvalue weighted by Crippen LogP contribution is -2.69. The minimum Gasteiger partial charge on any atom is -0.408 e. The fraction of sp³-hybridized carbons (Fsp3) is 0.868. The normalized spacial score (nSPS) is 23.9. The standard InChI is InChI=1S/C76H146O10Si6/c1-47(2)87(48(3)4,49(5)6)81-71-67(79-69(45-77)73(83-89(53(13)14,54(15)16)55(17)18)75(71)85-91(59(25)26,60(27)28)61(29)30)43-41-65-37-39-66(40-38-65)42-44-68-72(82-88(50(7)8,51(9)10)52(11)12)76(86-92(62(31)32,63(33)34)64(35)36)74(70(46-78)80-68)84-90(56(19)20,57(21)22)58(23)24/h37-40,47-64,67-78H,45-46H2,1-36H3/t67-,68-,69-,70-,71-,72-,73-,74-,75-,76-/m1/s1. The smallest absolute Gasteiger partial charge is 0.201 e. The second kappa shape index (κ2) is 35.0. The molecule has 2 aliphatic heterocycles. The average Bonchev–Trinajstić information content (AvgIpc) is 0.747. The highest BCUT2D eigenvalue weighted by atomic mass is 28.4. The van der Waals surface area contributed by atoms with E-state index in [0.29, 0.717) is 33.2 Å². The molecule has 2 aliphatic rings. The molecule has 2 N–H and O–H groups in total. The van der Waals surface area contributed by atoms with Gasteiger partial charge in [-0.25, -0.2) is 0 Å².